The smallest absolute Gasteiger partial charge is 0.243 e. The zero-order valence-electron chi connectivity index (χ0n) is 17.8. The Labute approximate surface area is 193 Å². The number of rotatable bonds is 6. The third kappa shape index (κ3) is 5.37. The third-order valence-electron chi connectivity index (χ3n) is 5.74. The molecule has 2 aliphatic heterocycles. The van der Waals surface area contributed by atoms with Gasteiger partial charge in [-0.3, -0.25) is 9.69 Å². The van der Waals surface area contributed by atoms with Gasteiger partial charge in [0.25, 0.3) is 0 Å². The van der Waals surface area contributed by atoms with Gasteiger partial charge in [-0.15, -0.1) is 0 Å². The number of anilines is 2. The van der Waals surface area contributed by atoms with E-state index in [1.165, 1.54) is 22.5 Å². The first-order valence-electron chi connectivity index (χ1n) is 10.8. The fourth-order valence-corrected chi connectivity index (χ4v) is 5.68. The predicted octanol–water partition coefficient (Wildman–Crippen LogP) is 2.07. The second-order valence-corrected chi connectivity index (χ2v) is 10.3. The van der Waals surface area contributed by atoms with Crippen LogP contribution in [0.3, 0.4) is 0 Å². The summed E-state index contributed by atoms with van der Waals surface area (Å²) in [5, 5.41) is 3.09. The maximum absolute atomic E-state index is 12.9. The van der Waals surface area contributed by atoms with E-state index in [1.54, 1.807) is 18.5 Å². The Bertz CT molecular complexity index is 1040. The van der Waals surface area contributed by atoms with E-state index in [4.69, 9.17) is 11.6 Å². The van der Waals surface area contributed by atoms with Crippen molar-refractivity contribution in [1.82, 2.24) is 19.2 Å². The van der Waals surface area contributed by atoms with Gasteiger partial charge in [0.2, 0.25) is 21.9 Å². The highest BCUT2D eigenvalue weighted by molar-refractivity contribution is 7.89. The highest BCUT2D eigenvalue weighted by Crippen LogP contribution is 2.28. The monoisotopic (exact) mass is 478 g/mol. The van der Waals surface area contributed by atoms with Crippen molar-refractivity contribution in [2.24, 2.45) is 0 Å². The molecule has 9 nitrogen and oxygen atoms in total. The molecule has 2 aromatic rings. The number of amides is 1. The molecule has 2 fully saturated rings. The molecular weight excluding hydrogens is 452 g/mol. The summed E-state index contributed by atoms with van der Waals surface area (Å²) in [6.45, 7) is 4.08. The minimum Gasteiger partial charge on any atom is -0.338 e. The largest absolute Gasteiger partial charge is 0.338 e. The number of carbonyl (C=O) groups is 1. The molecule has 0 aliphatic carbocycles. The molecule has 2 saturated heterocycles. The summed E-state index contributed by atoms with van der Waals surface area (Å²) in [7, 11) is -3.60. The number of hydrogen-bond donors (Lipinski definition) is 1. The number of nitrogens with zero attached hydrogens (tertiary/aromatic N) is 5. The average molecular weight is 479 g/mol. The first kappa shape index (κ1) is 22.9. The van der Waals surface area contributed by atoms with E-state index in [0.717, 1.165) is 32.4 Å². The van der Waals surface area contributed by atoms with Crippen molar-refractivity contribution in [2.45, 2.75) is 24.2 Å². The molecule has 32 heavy (non-hydrogen) atoms. The molecule has 1 aromatic heterocycles. The first-order valence-corrected chi connectivity index (χ1v) is 12.6. The van der Waals surface area contributed by atoms with Crippen LogP contribution in [0.4, 0.5) is 11.6 Å². The van der Waals surface area contributed by atoms with E-state index >= 15 is 0 Å². The van der Waals surface area contributed by atoms with E-state index in [1.807, 2.05) is 4.90 Å². The van der Waals surface area contributed by atoms with Gasteiger partial charge in [-0.25, -0.2) is 18.4 Å². The van der Waals surface area contributed by atoms with E-state index in [0.29, 0.717) is 42.8 Å². The molecule has 1 amide bonds. The lowest BCUT2D eigenvalue weighted by atomic mass is 10.2. The molecule has 0 atom stereocenters. The maximum Gasteiger partial charge on any atom is 0.243 e. The molecule has 1 aromatic carbocycles. The Morgan fingerprint density at radius 3 is 2.38 bits per heavy atom. The van der Waals surface area contributed by atoms with Crippen molar-refractivity contribution in [3.05, 3.63) is 41.7 Å². The van der Waals surface area contributed by atoms with Crippen LogP contribution in [0.15, 0.2) is 41.6 Å². The van der Waals surface area contributed by atoms with E-state index in [9.17, 15) is 13.2 Å². The fraction of sp³-hybridized carbons (Fsp3) is 0.476. The summed E-state index contributed by atoms with van der Waals surface area (Å²) in [4.78, 5) is 25.4. The normalized spacial score (nSPS) is 18.5. The number of halogens is 1. The fourth-order valence-electron chi connectivity index (χ4n) is 3.97. The Morgan fingerprint density at radius 1 is 1.00 bits per heavy atom. The lowest BCUT2D eigenvalue weighted by Gasteiger charge is -2.34. The van der Waals surface area contributed by atoms with Crippen LogP contribution in [0.1, 0.15) is 19.3 Å². The zero-order chi connectivity index (χ0) is 22.6. The van der Waals surface area contributed by atoms with Crippen molar-refractivity contribution in [2.75, 3.05) is 56.0 Å². The summed E-state index contributed by atoms with van der Waals surface area (Å²) >= 11 is 6.25. The molecule has 0 saturated carbocycles. The molecule has 0 spiro atoms. The molecule has 1 N–H and O–H groups in total. The van der Waals surface area contributed by atoms with Crippen LogP contribution in [0.25, 0.3) is 0 Å². The minimum absolute atomic E-state index is 0.149. The Kier molecular flexibility index (Phi) is 7.24. The Morgan fingerprint density at radius 2 is 1.69 bits per heavy atom. The number of aromatic nitrogens is 2. The van der Waals surface area contributed by atoms with Gasteiger partial charge in [-0.1, -0.05) is 18.0 Å². The molecule has 2 aliphatic rings. The highest BCUT2D eigenvalue weighted by atomic mass is 35.5. The number of benzene rings is 1. The lowest BCUT2D eigenvalue weighted by Crippen LogP contribution is -2.49. The van der Waals surface area contributed by atoms with Crippen molar-refractivity contribution in [3.63, 3.8) is 0 Å². The van der Waals surface area contributed by atoms with Crippen LogP contribution >= 0.6 is 11.6 Å². The summed E-state index contributed by atoms with van der Waals surface area (Å²) in [5.74, 6) is 0.457. The molecule has 172 valence electrons. The quantitative estimate of drug-likeness (QED) is 0.678. The molecule has 0 bridgehead atoms. The van der Waals surface area contributed by atoms with E-state index < -0.39 is 10.0 Å². The van der Waals surface area contributed by atoms with Gasteiger partial charge >= 0.3 is 0 Å². The summed E-state index contributed by atoms with van der Waals surface area (Å²) in [6, 6.07) is 6.25. The van der Waals surface area contributed by atoms with Gasteiger partial charge in [0, 0.05) is 51.7 Å². The number of hydrogen-bond acceptors (Lipinski definition) is 7. The first-order chi connectivity index (χ1) is 15.4. The van der Waals surface area contributed by atoms with Crippen LogP contribution in [-0.2, 0) is 14.8 Å². The second-order valence-electron chi connectivity index (χ2n) is 7.97. The number of nitrogens with one attached hydrogen (secondary N) is 1. The topological polar surface area (TPSA) is 98.7 Å². The second kappa shape index (κ2) is 10.1. The Hall–Kier alpha value is -2.27. The maximum atomic E-state index is 12.9. The van der Waals surface area contributed by atoms with Gasteiger partial charge in [0.15, 0.2) is 0 Å². The van der Waals surface area contributed by atoms with Gasteiger partial charge < -0.3 is 10.2 Å². The number of sulfonamides is 1. The minimum atomic E-state index is -3.60. The van der Waals surface area contributed by atoms with Crippen molar-refractivity contribution < 1.29 is 13.2 Å². The molecule has 4 rings (SSSR count). The van der Waals surface area contributed by atoms with Crippen LogP contribution in [0.2, 0.25) is 5.02 Å². The SMILES string of the molecule is O=C(CN1CCN(c2ncccn2)CC1)Nc1cc(S(=O)(=O)N2CCCCC2)ccc1Cl. The van der Waals surface area contributed by atoms with E-state index in [2.05, 4.69) is 20.2 Å². The molecule has 3 heterocycles. The van der Waals surface area contributed by atoms with Gasteiger partial charge in [-0.05, 0) is 37.1 Å². The Balaban J connectivity index is 1.36. The van der Waals surface area contributed by atoms with E-state index in [-0.39, 0.29) is 17.3 Å². The molecule has 11 heteroatoms. The van der Waals surface area contributed by atoms with Crippen LogP contribution in [-0.4, -0.2) is 79.3 Å². The number of piperidine rings is 1. The van der Waals surface area contributed by atoms with Gasteiger partial charge in [0.1, 0.15) is 0 Å². The van der Waals surface area contributed by atoms with Crippen LogP contribution in [0.5, 0.6) is 0 Å². The summed E-state index contributed by atoms with van der Waals surface area (Å²) in [5.41, 5.74) is 0.311. The van der Waals surface area contributed by atoms with Crippen molar-refractivity contribution in [1.29, 1.82) is 0 Å². The number of carbonyl (C=O) groups excluding carboxylic acids is 1. The highest BCUT2D eigenvalue weighted by Gasteiger charge is 2.27. The average Bonchev–Trinajstić information content (AvgIpc) is 2.82. The molecular formula is C21H27ClN6O3S. The third-order valence-corrected chi connectivity index (χ3v) is 7.96. The summed E-state index contributed by atoms with van der Waals surface area (Å²) in [6.07, 6.45) is 6.19. The lowest BCUT2D eigenvalue weighted by molar-refractivity contribution is -0.117. The molecule has 0 unspecified atom stereocenters. The number of piperazine rings is 1. The van der Waals surface area contributed by atoms with Crippen molar-refractivity contribution >= 4 is 39.2 Å². The van der Waals surface area contributed by atoms with Gasteiger partial charge in [-0.2, -0.15) is 4.31 Å². The van der Waals surface area contributed by atoms with Crippen LogP contribution < -0.4 is 10.2 Å². The molecule has 0 radical (unpaired) electrons. The van der Waals surface area contributed by atoms with Gasteiger partial charge in [0.05, 0.1) is 22.2 Å². The summed E-state index contributed by atoms with van der Waals surface area (Å²) < 4.78 is 27.4. The zero-order valence-corrected chi connectivity index (χ0v) is 19.4. The predicted molar refractivity (Wildman–Crippen MR) is 123 cm³/mol. The van der Waals surface area contributed by atoms with Crippen LogP contribution in [0, 0.1) is 0 Å². The van der Waals surface area contributed by atoms with Crippen molar-refractivity contribution in [3.8, 4) is 0 Å². The standard InChI is InChI=1S/C21H27ClN6O3S/c22-18-6-5-17(32(30,31)28-9-2-1-3-10-28)15-19(18)25-20(29)16-26-11-13-27(14-12-26)21-23-7-4-8-24-21/h4-8,15H,1-3,9-14,16H2,(H,25,29).